The van der Waals surface area contributed by atoms with Crippen molar-refractivity contribution in [2.75, 3.05) is 18.1 Å². The molecule has 2 heterocycles. The van der Waals surface area contributed by atoms with Crippen LogP contribution in [-0.4, -0.2) is 29.3 Å². The van der Waals surface area contributed by atoms with Gasteiger partial charge in [-0.1, -0.05) is 0 Å². The molecule has 1 aromatic rings. The lowest BCUT2D eigenvalue weighted by Crippen LogP contribution is -2.40. The van der Waals surface area contributed by atoms with Gasteiger partial charge in [-0.3, -0.25) is 4.98 Å². The lowest BCUT2D eigenvalue weighted by Gasteiger charge is -2.37. The van der Waals surface area contributed by atoms with E-state index in [1.165, 1.54) is 24.9 Å². The van der Waals surface area contributed by atoms with E-state index in [9.17, 15) is 0 Å². The smallest absolute Gasteiger partial charge is 0.0560 e. The molecule has 1 saturated heterocycles. The number of piperidine rings is 1. The van der Waals surface area contributed by atoms with Crippen LogP contribution in [0.2, 0.25) is 0 Å². The van der Waals surface area contributed by atoms with Gasteiger partial charge in [0.05, 0.1) is 5.69 Å². The lowest BCUT2D eigenvalue weighted by atomic mass is 9.99. The second-order valence-electron chi connectivity index (χ2n) is 4.56. The summed E-state index contributed by atoms with van der Waals surface area (Å²) in [5.41, 5.74) is 7.74. The zero-order chi connectivity index (χ0) is 12.1. The van der Waals surface area contributed by atoms with E-state index >= 15 is 0 Å². The van der Waals surface area contributed by atoms with Gasteiger partial charge in [-0.05, 0) is 37.8 Å². The molecule has 0 amide bonds. The van der Waals surface area contributed by atoms with Crippen LogP contribution in [0.1, 0.15) is 31.4 Å². The first-order chi connectivity index (χ1) is 8.35. The van der Waals surface area contributed by atoms with Crippen LogP contribution >= 0.6 is 0 Å². The van der Waals surface area contributed by atoms with Crippen LogP contribution in [0.25, 0.3) is 0 Å². The van der Waals surface area contributed by atoms with Gasteiger partial charge in [0, 0.05) is 37.6 Å². The van der Waals surface area contributed by atoms with E-state index < -0.39 is 0 Å². The molecule has 0 aliphatic carbocycles. The molecule has 94 valence electrons. The van der Waals surface area contributed by atoms with Crippen molar-refractivity contribution in [2.45, 2.75) is 38.3 Å². The van der Waals surface area contributed by atoms with Crippen LogP contribution in [0.15, 0.2) is 18.3 Å². The molecule has 4 nitrogen and oxygen atoms in total. The number of anilines is 1. The van der Waals surface area contributed by atoms with Gasteiger partial charge in [-0.15, -0.1) is 0 Å². The third kappa shape index (κ3) is 2.96. The van der Waals surface area contributed by atoms with Crippen LogP contribution in [0.3, 0.4) is 0 Å². The summed E-state index contributed by atoms with van der Waals surface area (Å²) in [7, 11) is 0. The second-order valence-corrected chi connectivity index (χ2v) is 4.56. The quantitative estimate of drug-likeness (QED) is 0.825. The number of nitrogens with two attached hydrogens (primary N) is 1. The number of hydrogen-bond donors (Lipinski definition) is 2. The number of aliphatic hydroxyl groups is 1. The van der Waals surface area contributed by atoms with Crippen molar-refractivity contribution in [1.29, 1.82) is 0 Å². The van der Waals surface area contributed by atoms with Gasteiger partial charge in [0.15, 0.2) is 0 Å². The summed E-state index contributed by atoms with van der Waals surface area (Å²) < 4.78 is 0. The summed E-state index contributed by atoms with van der Waals surface area (Å²) >= 11 is 0. The van der Waals surface area contributed by atoms with Crippen molar-refractivity contribution in [3.05, 3.63) is 24.0 Å². The Bertz CT molecular complexity index is 354. The number of aromatic nitrogens is 1. The van der Waals surface area contributed by atoms with E-state index in [0.29, 0.717) is 12.6 Å². The summed E-state index contributed by atoms with van der Waals surface area (Å²) in [6.45, 7) is 1.81. The largest absolute Gasteiger partial charge is 0.396 e. The van der Waals surface area contributed by atoms with Gasteiger partial charge in [0.25, 0.3) is 0 Å². The van der Waals surface area contributed by atoms with Crippen molar-refractivity contribution in [3.8, 4) is 0 Å². The molecule has 1 aliphatic rings. The highest BCUT2D eigenvalue weighted by Crippen LogP contribution is 2.26. The zero-order valence-corrected chi connectivity index (χ0v) is 10.2. The van der Waals surface area contributed by atoms with Gasteiger partial charge in [0.1, 0.15) is 0 Å². The van der Waals surface area contributed by atoms with Gasteiger partial charge in [-0.25, -0.2) is 0 Å². The Morgan fingerprint density at radius 2 is 2.35 bits per heavy atom. The first kappa shape index (κ1) is 12.3. The van der Waals surface area contributed by atoms with E-state index in [4.69, 9.17) is 10.8 Å². The molecule has 0 bridgehead atoms. The molecular formula is C13H21N3O. The molecule has 1 fully saturated rings. The Hall–Kier alpha value is -1.13. The van der Waals surface area contributed by atoms with Crippen LogP contribution in [-0.2, 0) is 6.54 Å². The molecule has 1 aromatic heterocycles. The van der Waals surface area contributed by atoms with Crippen molar-refractivity contribution in [2.24, 2.45) is 5.73 Å². The van der Waals surface area contributed by atoms with E-state index in [1.54, 1.807) is 0 Å². The zero-order valence-electron chi connectivity index (χ0n) is 10.2. The number of nitrogens with zero attached hydrogens (tertiary/aromatic N) is 2. The molecule has 17 heavy (non-hydrogen) atoms. The van der Waals surface area contributed by atoms with Crippen molar-refractivity contribution >= 4 is 5.69 Å². The minimum absolute atomic E-state index is 0.260. The third-order valence-electron chi connectivity index (χ3n) is 3.43. The molecule has 0 spiro atoms. The minimum atomic E-state index is 0.260. The third-order valence-corrected chi connectivity index (χ3v) is 3.43. The molecule has 0 radical (unpaired) electrons. The predicted molar refractivity (Wildman–Crippen MR) is 68.8 cm³/mol. The average molecular weight is 235 g/mol. The number of rotatable bonds is 4. The molecule has 2 rings (SSSR count). The predicted octanol–water partition coefficient (Wildman–Crippen LogP) is 1.28. The number of aliphatic hydroxyl groups excluding tert-OH is 1. The lowest BCUT2D eigenvalue weighted by molar-refractivity contribution is 0.262. The van der Waals surface area contributed by atoms with Gasteiger partial charge >= 0.3 is 0 Å². The Kier molecular flexibility index (Phi) is 4.34. The monoisotopic (exact) mass is 235 g/mol. The van der Waals surface area contributed by atoms with Crippen molar-refractivity contribution < 1.29 is 5.11 Å². The Labute approximate surface area is 102 Å². The molecule has 4 heteroatoms. The molecule has 0 saturated carbocycles. The normalized spacial score (nSPS) is 20.6. The van der Waals surface area contributed by atoms with Crippen molar-refractivity contribution in [1.82, 2.24) is 4.98 Å². The standard InChI is InChI=1S/C13H21N3O/c14-10-11-9-13(4-6-15-11)16-7-2-1-3-12(16)5-8-17/h4,6,9,12,17H,1-3,5,7-8,10,14H2. The van der Waals surface area contributed by atoms with E-state index in [-0.39, 0.29) is 6.61 Å². The highest BCUT2D eigenvalue weighted by Gasteiger charge is 2.22. The van der Waals surface area contributed by atoms with Crippen LogP contribution in [0.5, 0.6) is 0 Å². The summed E-state index contributed by atoms with van der Waals surface area (Å²) in [4.78, 5) is 6.61. The maximum atomic E-state index is 9.12. The van der Waals surface area contributed by atoms with Gasteiger partial charge < -0.3 is 15.7 Å². The number of pyridine rings is 1. The Balaban J connectivity index is 2.16. The topological polar surface area (TPSA) is 62.4 Å². The minimum Gasteiger partial charge on any atom is -0.396 e. The summed E-state index contributed by atoms with van der Waals surface area (Å²) in [6.07, 6.45) is 6.32. The molecule has 0 aromatic carbocycles. The van der Waals surface area contributed by atoms with Gasteiger partial charge in [0.2, 0.25) is 0 Å². The van der Waals surface area contributed by atoms with Crippen LogP contribution in [0, 0.1) is 0 Å². The average Bonchev–Trinajstić information content (AvgIpc) is 2.40. The van der Waals surface area contributed by atoms with E-state index in [2.05, 4.69) is 16.0 Å². The fourth-order valence-electron chi connectivity index (χ4n) is 2.55. The summed E-state index contributed by atoms with van der Waals surface area (Å²) in [5.74, 6) is 0. The van der Waals surface area contributed by atoms with Gasteiger partial charge in [-0.2, -0.15) is 0 Å². The Morgan fingerprint density at radius 3 is 3.12 bits per heavy atom. The van der Waals surface area contributed by atoms with Crippen molar-refractivity contribution in [3.63, 3.8) is 0 Å². The molecule has 1 unspecified atom stereocenters. The summed E-state index contributed by atoms with van der Waals surface area (Å²) in [5, 5.41) is 9.12. The highest BCUT2D eigenvalue weighted by molar-refractivity contribution is 5.48. The first-order valence-electron chi connectivity index (χ1n) is 6.37. The Morgan fingerprint density at radius 1 is 1.47 bits per heavy atom. The molecule has 1 aliphatic heterocycles. The number of hydrogen-bond acceptors (Lipinski definition) is 4. The second kappa shape index (κ2) is 5.98. The maximum absolute atomic E-state index is 9.12. The molecular weight excluding hydrogens is 214 g/mol. The molecule has 3 N–H and O–H groups in total. The maximum Gasteiger partial charge on any atom is 0.0560 e. The molecule has 1 atom stereocenters. The fourth-order valence-corrected chi connectivity index (χ4v) is 2.55. The van der Waals surface area contributed by atoms with E-state index in [1.807, 2.05) is 12.3 Å². The summed E-state index contributed by atoms with van der Waals surface area (Å²) in [6, 6.07) is 4.56. The van der Waals surface area contributed by atoms with E-state index in [0.717, 1.165) is 18.7 Å². The van der Waals surface area contributed by atoms with Crippen LogP contribution in [0.4, 0.5) is 5.69 Å². The SMILES string of the molecule is NCc1cc(N2CCCCC2CCO)ccn1. The fraction of sp³-hybridized carbons (Fsp3) is 0.615. The highest BCUT2D eigenvalue weighted by atomic mass is 16.3. The first-order valence-corrected chi connectivity index (χ1v) is 6.37. The van der Waals surface area contributed by atoms with Crippen LogP contribution < -0.4 is 10.6 Å².